The second-order valence-electron chi connectivity index (χ2n) is 8.19. The van der Waals surface area contributed by atoms with E-state index in [2.05, 4.69) is 25.9 Å². The van der Waals surface area contributed by atoms with Crippen molar-refractivity contribution in [1.29, 1.82) is 0 Å². The average molecular weight is 488 g/mol. The maximum absolute atomic E-state index is 13.5. The van der Waals surface area contributed by atoms with Crippen molar-refractivity contribution < 1.29 is 18.7 Å². The number of nitrogens with zero attached hydrogens (tertiary/aromatic N) is 2. The van der Waals surface area contributed by atoms with E-state index >= 15 is 0 Å². The molecule has 3 N–H and O–H groups in total. The number of hydrogen-bond acceptors (Lipinski definition) is 7. The minimum Gasteiger partial charge on any atom is -0.493 e. The van der Waals surface area contributed by atoms with Gasteiger partial charge in [-0.15, -0.1) is 0 Å². The van der Waals surface area contributed by atoms with Gasteiger partial charge in [0.15, 0.2) is 11.5 Å². The summed E-state index contributed by atoms with van der Waals surface area (Å²) >= 11 is 5.91. The third kappa shape index (κ3) is 5.66. The summed E-state index contributed by atoms with van der Waals surface area (Å²) in [5.41, 5.74) is 1.27. The van der Waals surface area contributed by atoms with Gasteiger partial charge >= 0.3 is 0 Å². The van der Waals surface area contributed by atoms with Crippen LogP contribution in [-0.2, 0) is 4.79 Å². The molecule has 10 heteroatoms. The number of benzene rings is 2. The molecule has 3 aromatic rings. The number of rotatable bonds is 8. The van der Waals surface area contributed by atoms with Crippen LogP contribution in [0, 0.1) is 5.82 Å². The molecule has 34 heavy (non-hydrogen) atoms. The van der Waals surface area contributed by atoms with Gasteiger partial charge in [0.1, 0.15) is 18.0 Å². The molecule has 1 amide bonds. The molecule has 180 valence electrons. The van der Waals surface area contributed by atoms with Crippen LogP contribution in [0.25, 0.3) is 10.9 Å². The van der Waals surface area contributed by atoms with Crippen LogP contribution in [0.3, 0.4) is 0 Å². The molecule has 1 fully saturated rings. The molecule has 0 atom stereocenters. The van der Waals surface area contributed by atoms with Crippen molar-refractivity contribution in [3.05, 3.63) is 47.5 Å². The fourth-order valence-corrected chi connectivity index (χ4v) is 4.25. The van der Waals surface area contributed by atoms with Crippen LogP contribution in [0.1, 0.15) is 25.7 Å². The van der Waals surface area contributed by atoms with Gasteiger partial charge < -0.3 is 25.4 Å². The Kier molecular flexibility index (Phi) is 7.64. The third-order valence-corrected chi connectivity index (χ3v) is 6.06. The first-order chi connectivity index (χ1) is 16.5. The molecular formula is C24H27ClFN5O3. The maximum atomic E-state index is 13.5. The number of hydrogen-bond donors (Lipinski definition) is 3. The number of amides is 1. The first kappa shape index (κ1) is 24.0. The van der Waals surface area contributed by atoms with E-state index in [1.165, 1.54) is 18.5 Å². The SMILES string of the molecule is CNCC(=O)NC1CCC(Oc2cc3c(Nc4ccc(F)c(Cl)c4)ncnc3cc2OC)CC1. The fraction of sp³-hybridized carbons (Fsp3) is 0.375. The van der Waals surface area contributed by atoms with Crippen molar-refractivity contribution in [2.24, 2.45) is 0 Å². The Morgan fingerprint density at radius 3 is 2.65 bits per heavy atom. The number of anilines is 2. The summed E-state index contributed by atoms with van der Waals surface area (Å²) in [5.74, 6) is 1.22. The molecule has 0 aliphatic heterocycles. The largest absolute Gasteiger partial charge is 0.493 e. The number of ether oxygens (including phenoxy) is 2. The van der Waals surface area contributed by atoms with Crippen molar-refractivity contribution in [1.82, 2.24) is 20.6 Å². The molecule has 4 rings (SSSR count). The summed E-state index contributed by atoms with van der Waals surface area (Å²) in [5, 5.41) is 9.83. The highest BCUT2D eigenvalue weighted by atomic mass is 35.5. The lowest BCUT2D eigenvalue weighted by Crippen LogP contribution is -2.42. The normalized spacial score (nSPS) is 17.9. The molecule has 0 bridgehead atoms. The lowest BCUT2D eigenvalue weighted by Gasteiger charge is -2.30. The summed E-state index contributed by atoms with van der Waals surface area (Å²) < 4.78 is 25.4. The monoisotopic (exact) mass is 487 g/mol. The topological polar surface area (TPSA) is 97.4 Å². The number of aromatic nitrogens is 2. The second-order valence-corrected chi connectivity index (χ2v) is 8.59. The average Bonchev–Trinajstić information content (AvgIpc) is 2.83. The first-order valence-electron chi connectivity index (χ1n) is 11.1. The zero-order chi connectivity index (χ0) is 24.1. The molecule has 1 aromatic heterocycles. The molecule has 1 aliphatic carbocycles. The smallest absolute Gasteiger partial charge is 0.234 e. The molecule has 0 unspecified atom stereocenters. The lowest BCUT2D eigenvalue weighted by molar-refractivity contribution is -0.121. The van der Waals surface area contributed by atoms with Crippen molar-refractivity contribution >= 4 is 39.9 Å². The van der Waals surface area contributed by atoms with Crippen molar-refractivity contribution in [3.63, 3.8) is 0 Å². The van der Waals surface area contributed by atoms with Gasteiger partial charge in [0.25, 0.3) is 0 Å². The van der Waals surface area contributed by atoms with Gasteiger partial charge in [0.05, 0.1) is 30.3 Å². The summed E-state index contributed by atoms with van der Waals surface area (Å²) in [6, 6.07) is 8.19. The summed E-state index contributed by atoms with van der Waals surface area (Å²) in [4.78, 5) is 20.5. The number of carbonyl (C=O) groups excluding carboxylic acids is 1. The molecule has 1 heterocycles. The van der Waals surface area contributed by atoms with Crippen LogP contribution in [0.4, 0.5) is 15.9 Å². The molecule has 1 saturated carbocycles. The van der Waals surface area contributed by atoms with Gasteiger partial charge in [-0.2, -0.15) is 0 Å². The van der Waals surface area contributed by atoms with E-state index in [0.717, 1.165) is 31.1 Å². The minimum atomic E-state index is -0.489. The van der Waals surface area contributed by atoms with Crippen molar-refractivity contribution in [2.75, 3.05) is 26.0 Å². The Morgan fingerprint density at radius 1 is 1.15 bits per heavy atom. The minimum absolute atomic E-state index is 0.000692. The fourth-order valence-electron chi connectivity index (χ4n) is 4.07. The predicted molar refractivity (Wildman–Crippen MR) is 130 cm³/mol. The van der Waals surface area contributed by atoms with E-state index < -0.39 is 5.82 Å². The molecule has 0 radical (unpaired) electrons. The van der Waals surface area contributed by atoms with Gasteiger partial charge in [0, 0.05) is 23.2 Å². The number of fused-ring (bicyclic) bond motifs is 1. The first-order valence-corrected chi connectivity index (χ1v) is 11.5. The van der Waals surface area contributed by atoms with Crippen LogP contribution in [-0.4, -0.2) is 48.7 Å². The maximum Gasteiger partial charge on any atom is 0.234 e. The number of carbonyl (C=O) groups is 1. The van der Waals surface area contributed by atoms with Gasteiger partial charge in [-0.25, -0.2) is 14.4 Å². The van der Waals surface area contributed by atoms with Crippen LogP contribution in [0.2, 0.25) is 5.02 Å². The highest BCUT2D eigenvalue weighted by Crippen LogP contribution is 2.37. The molecule has 0 spiro atoms. The van der Waals surface area contributed by atoms with E-state index in [0.29, 0.717) is 35.1 Å². The number of nitrogens with one attached hydrogen (secondary N) is 3. The van der Waals surface area contributed by atoms with Gasteiger partial charge in [-0.3, -0.25) is 4.79 Å². The Bertz CT molecular complexity index is 1170. The Labute approximate surface area is 202 Å². The molecule has 0 saturated heterocycles. The quantitative estimate of drug-likeness (QED) is 0.438. The van der Waals surface area contributed by atoms with E-state index in [9.17, 15) is 9.18 Å². The zero-order valence-electron chi connectivity index (χ0n) is 19.0. The summed E-state index contributed by atoms with van der Waals surface area (Å²) in [7, 11) is 3.34. The highest BCUT2D eigenvalue weighted by molar-refractivity contribution is 6.31. The van der Waals surface area contributed by atoms with E-state index in [4.69, 9.17) is 21.1 Å². The second kappa shape index (κ2) is 10.8. The summed E-state index contributed by atoms with van der Waals surface area (Å²) in [6.07, 6.45) is 4.76. The van der Waals surface area contributed by atoms with Crippen LogP contribution in [0.15, 0.2) is 36.7 Å². The van der Waals surface area contributed by atoms with Crippen molar-refractivity contribution in [3.8, 4) is 11.5 Å². The molecule has 8 nitrogen and oxygen atoms in total. The molecular weight excluding hydrogens is 461 g/mol. The third-order valence-electron chi connectivity index (χ3n) is 5.77. The number of methoxy groups -OCH3 is 1. The van der Waals surface area contributed by atoms with Gasteiger partial charge in [0.2, 0.25) is 5.91 Å². The van der Waals surface area contributed by atoms with Crippen molar-refractivity contribution in [2.45, 2.75) is 37.8 Å². The molecule has 2 aromatic carbocycles. The number of likely N-dealkylation sites (N-methyl/N-ethyl adjacent to an activating group) is 1. The lowest BCUT2D eigenvalue weighted by atomic mass is 9.93. The number of halogens is 2. The van der Waals surface area contributed by atoms with Crippen LogP contribution >= 0.6 is 11.6 Å². The zero-order valence-corrected chi connectivity index (χ0v) is 19.8. The van der Waals surface area contributed by atoms with E-state index in [-0.39, 0.29) is 23.1 Å². The summed E-state index contributed by atoms with van der Waals surface area (Å²) in [6.45, 7) is 0.313. The highest BCUT2D eigenvalue weighted by Gasteiger charge is 2.25. The standard InChI is InChI=1S/C24H27ClFN5O3/c1-27-12-23(32)30-14-3-6-16(7-4-14)34-22-10-17-20(11-21(22)33-2)28-13-29-24(17)31-15-5-8-19(26)18(25)9-15/h5,8-11,13-14,16,27H,3-4,6-7,12H2,1-2H3,(H,30,32)(H,28,29,31). The Morgan fingerprint density at radius 2 is 1.94 bits per heavy atom. The van der Waals surface area contributed by atoms with Crippen LogP contribution in [0.5, 0.6) is 11.5 Å². The van der Waals surface area contributed by atoms with E-state index in [1.807, 2.05) is 6.07 Å². The van der Waals surface area contributed by atoms with Gasteiger partial charge in [-0.05, 0) is 57.0 Å². The van der Waals surface area contributed by atoms with E-state index in [1.54, 1.807) is 26.3 Å². The van der Waals surface area contributed by atoms with Gasteiger partial charge in [-0.1, -0.05) is 11.6 Å². The Balaban J connectivity index is 1.52. The Hall–Kier alpha value is -3.17. The molecule has 1 aliphatic rings. The van der Waals surface area contributed by atoms with Crippen LogP contribution < -0.4 is 25.4 Å². The predicted octanol–water partition coefficient (Wildman–Crippen LogP) is 4.20.